The Morgan fingerprint density at radius 3 is 2.63 bits per heavy atom. The minimum absolute atomic E-state index is 0.0116. The molecule has 0 radical (unpaired) electrons. The first-order valence-electron chi connectivity index (χ1n) is 6.25. The highest BCUT2D eigenvalue weighted by Crippen LogP contribution is 2.18. The summed E-state index contributed by atoms with van der Waals surface area (Å²) in [5.74, 6) is 0.741. The molecule has 5 nitrogen and oxygen atoms in total. The molecule has 0 heterocycles. The van der Waals surface area contributed by atoms with E-state index in [1.165, 1.54) is 0 Å². The molecule has 1 rings (SSSR count). The van der Waals surface area contributed by atoms with Gasteiger partial charge in [-0.25, -0.2) is 0 Å². The molecule has 0 aromatic heterocycles. The molecule has 5 heteroatoms. The van der Waals surface area contributed by atoms with Crippen LogP contribution in [-0.4, -0.2) is 52.2 Å². The number of hydrogen-bond acceptors (Lipinski definition) is 5. The van der Waals surface area contributed by atoms with E-state index in [2.05, 4.69) is 5.32 Å². The van der Waals surface area contributed by atoms with Crippen molar-refractivity contribution < 1.29 is 19.3 Å². The predicted octanol–water partition coefficient (Wildman–Crippen LogP) is 0.980. The quantitative estimate of drug-likeness (QED) is 0.700. The summed E-state index contributed by atoms with van der Waals surface area (Å²) >= 11 is 0. The number of aliphatic hydroxyl groups is 1. The van der Waals surface area contributed by atoms with Crippen molar-refractivity contribution in [2.45, 2.75) is 12.2 Å². The van der Waals surface area contributed by atoms with Gasteiger partial charge in [0.15, 0.2) is 0 Å². The molecule has 1 aromatic rings. The standard InChI is InChI=1S/C14H23NO4/c1-17-10-13(19-3)8-15-9-14(16)11-5-4-6-12(7-11)18-2/h4-7,13-16H,8-10H2,1-3H3. The first kappa shape index (κ1) is 15.9. The molecule has 0 aliphatic rings. The molecule has 0 aliphatic heterocycles. The van der Waals surface area contributed by atoms with E-state index in [1.54, 1.807) is 21.3 Å². The summed E-state index contributed by atoms with van der Waals surface area (Å²) in [7, 11) is 4.89. The van der Waals surface area contributed by atoms with Crippen LogP contribution in [0, 0.1) is 0 Å². The van der Waals surface area contributed by atoms with Gasteiger partial charge < -0.3 is 24.6 Å². The summed E-state index contributed by atoms with van der Waals surface area (Å²) in [5.41, 5.74) is 0.826. The first-order valence-corrected chi connectivity index (χ1v) is 6.25. The normalized spacial score (nSPS) is 14.1. The summed E-state index contributed by atoms with van der Waals surface area (Å²) < 4.78 is 15.4. The molecule has 0 amide bonds. The van der Waals surface area contributed by atoms with Gasteiger partial charge in [0.25, 0.3) is 0 Å². The van der Waals surface area contributed by atoms with E-state index in [-0.39, 0.29) is 6.10 Å². The smallest absolute Gasteiger partial charge is 0.119 e. The van der Waals surface area contributed by atoms with E-state index >= 15 is 0 Å². The van der Waals surface area contributed by atoms with Gasteiger partial charge in [-0.05, 0) is 17.7 Å². The second-order valence-electron chi connectivity index (χ2n) is 4.26. The summed E-state index contributed by atoms with van der Waals surface area (Å²) in [4.78, 5) is 0. The van der Waals surface area contributed by atoms with Crippen LogP contribution in [0.2, 0.25) is 0 Å². The van der Waals surface area contributed by atoms with Crippen LogP contribution in [-0.2, 0) is 9.47 Å². The van der Waals surface area contributed by atoms with Gasteiger partial charge in [0.05, 0.1) is 25.9 Å². The molecule has 0 fully saturated rings. The summed E-state index contributed by atoms with van der Waals surface area (Å²) in [6.07, 6.45) is -0.585. The lowest BCUT2D eigenvalue weighted by molar-refractivity contribution is 0.0270. The van der Waals surface area contributed by atoms with Crippen LogP contribution in [0.25, 0.3) is 0 Å². The Morgan fingerprint density at radius 2 is 2.00 bits per heavy atom. The molecule has 2 atom stereocenters. The van der Waals surface area contributed by atoms with Crippen LogP contribution in [0.3, 0.4) is 0 Å². The van der Waals surface area contributed by atoms with Gasteiger partial charge in [-0.15, -0.1) is 0 Å². The monoisotopic (exact) mass is 269 g/mol. The molecule has 19 heavy (non-hydrogen) atoms. The third kappa shape index (κ3) is 5.57. The van der Waals surface area contributed by atoms with Crippen LogP contribution < -0.4 is 10.1 Å². The van der Waals surface area contributed by atoms with Crippen molar-refractivity contribution >= 4 is 0 Å². The Hall–Kier alpha value is -1.14. The third-order valence-corrected chi connectivity index (χ3v) is 2.87. The topological polar surface area (TPSA) is 60.0 Å². The van der Waals surface area contributed by atoms with Crippen molar-refractivity contribution in [1.82, 2.24) is 5.32 Å². The Morgan fingerprint density at radius 1 is 1.21 bits per heavy atom. The molecule has 1 aromatic carbocycles. The van der Waals surface area contributed by atoms with Gasteiger partial charge in [-0.3, -0.25) is 0 Å². The number of hydrogen-bond donors (Lipinski definition) is 2. The van der Waals surface area contributed by atoms with E-state index < -0.39 is 6.10 Å². The second kappa shape index (κ2) is 8.87. The molecule has 108 valence electrons. The molecule has 0 bridgehead atoms. The zero-order chi connectivity index (χ0) is 14.1. The van der Waals surface area contributed by atoms with Crippen LogP contribution >= 0.6 is 0 Å². The molecule has 0 spiro atoms. The Kier molecular flexibility index (Phi) is 7.43. The van der Waals surface area contributed by atoms with Crippen molar-refractivity contribution in [3.63, 3.8) is 0 Å². The maximum absolute atomic E-state index is 10.1. The van der Waals surface area contributed by atoms with E-state index in [4.69, 9.17) is 14.2 Å². The molecular weight excluding hydrogens is 246 g/mol. The molecule has 0 saturated carbocycles. The van der Waals surface area contributed by atoms with Crippen LogP contribution in [0.4, 0.5) is 0 Å². The summed E-state index contributed by atoms with van der Waals surface area (Å²) in [5, 5.41) is 13.2. The SMILES string of the molecule is COCC(CNCC(O)c1cccc(OC)c1)OC. The number of benzene rings is 1. The van der Waals surface area contributed by atoms with Crippen molar-refractivity contribution in [2.24, 2.45) is 0 Å². The minimum atomic E-state index is -0.574. The van der Waals surface area contributed by atoms with Crippen LogP contribution in [0.15, 0.2) is 24.3 Å². The number of methoxy groups -OCH3 is 3. The van der Waals surface area contributed by atoms with Gasteiger partial charge in [-0.1, -0.05) is 12.1 Å². The maximum Gasteiger partial charge on any atom is 0.119 e. The first-order chi connectivity index (χ1) is 9.21. The van der Waals surface area contributed by atoms with Crippen molar-refractivity contribution in [3.05, 3.63) is 29.8 Å². The lowest BCUT2D eigenvalue weighted by Gasteiger charge is -2.17. The van der Waals surface area contributed by atoms with E-state index in [0.29, 0.717) is 19.7 Å². The predicted molar refractivity (Wildman–Crippen MR) is 73.5 cm³/mol. The zero-order valence-corrected chi connectivity index (χ0v) is 11.8. The highest BCUT2D eigenvalue weighted by atomic mass is 16.5. The fourth-order valence-corrected chi connectivity index (χ4v) is 1.74. The van der Waals surface area contributed by atoms with Crippen molar-refractivity contribution in [3.8, 4) is 5.75 Å². The van der Waals surface area contributed by atoms with Crippen molar-refractivity contribution in [2.75, 3.05) is 41.0 Å². The number of nitrogens with one attached hydrogen (secondary N) is 1. The maximum atomic E-state index is 10.1. The van der Waals surface area contributed by atoms with Gasteiger partial charge in [0.1, 0.15) is 5.75 Å². The number of rotatable bonds is 9. The lowest BCUT2D eigenvalue weighted by atomic mass is 10.1. The minimum Gasteiger partial charge on any atom is -0.497 e. The average molecular weight is 269 g/mol. The number of aliphatic hydroxyl groups excluding tert-OH is 1. The second-order valence-corrected chi connectivity index (χ2v) is 4.26. The zero-order valence-electron chi connectivity index (χ0n) is 11.8. The summed E-state index contributed by atoms with van der Waals surface area (Å²) in [6, 6.07) is 7.41. The third-order valence-electron chi connectivity index (χ3n) is 2.87. The highest BCUT2D eigenvalue weighted by molar-refractivity contribution is 5.29. The van der Waals surface area contributed by atoms with E-state index in [1.807, 2.05) is 24.3 Å². The average Bonchev–Trinajstić information content (AvgIpc) is 2.46. The van der Waals surface area contributed by atoms with E-state index in [9.17, 15) is 5.11 Å². The molecule has 2 N–H and O–H groups in total. The molecular formula is C14H23NO4. The lowest BCUT2D eigenvalue weighted by Crippen LogP contribution is -2.34. The van der Waals surface area contributed by atoms with Gasteiger partial charge >= 0.3 is 0 Å². The largest absolute Gasteiger partial charge is 0.497 e. The van der Waals surface area contributed by atoms with Gasteiger partial charge in [0.2, 0.25) is 0 Å². The van der Waals surface area contributed by atoms with Crippen molar-refractivity contribution in [1.29, 1.82) is 0 Å². The summed E-state index contributed by atoms with van der Waals surface area (Å²) in [6.45, 7) is 1.61. The fraction of sp³-hybridized carbons (Fsp3) is 0.571. The number of ether oxygens (including phenoxy) is 3. The highest BCUT2D eigenvalue weighted by Gasteiger charge is 2.10. The Labute approximate surface area is 114 Å². The Bertz CT molecular complexity index is 359. The molecule has 0 aliphatic carbocycles. The van der Waals surface area contributed by atoms with E-state index in [0.717, 1.165) is 11.3 Å². The van der Waals surface area contributed by atoms with Crippen LogP contribution in [0.5, 0.6) is 5.75 Å². The van der Waals surface area contributed by atoms with Crippen LogP contribution in [0.1, 0.15) is 11.7 Å². The Balaban J connectivity index is 2.39. The molecule has 2 unspecified atom stereocenters. The fourth-order valence-electron chi connectivity index (χ4n) is 1.74. The van der Waals surface area contributed by atoms with Gasteiger partial charge in [0, 0.05) is 27.3 Å². The molecule has 0 saturated heterocycles. The van der Waals surface area contributed by atoms with Gasteiger partial charge in [-0.2, -0.15) is 0 Å².